The molecule has 0 saturated carbocycles. The lowest BCUT2D eigenvalue weighted by Crippen LogP contribution is -2.16. The molecule has 0 spiro atoms. The normalized spacial score (nSPS) is 12.9. The summed E-state index contributed by atoms with van der Waals surface area (Å²) < 4.78 is 27.5. The Morgan fingerprint density at radius 3 is 2.23 bits per heavy atom. The zero-order valence-corrected chi connectivity index (χ0v) is 15.9. The van der Waals surface area contributed by atoms with E-state index in [1.165, 1.54) is 0 Å². The molecule has 0 aliphatic carbocycles. The van der Waals surface area contributed by atoms with Gasteiger partial charge in [-0.15, -0.1) is 0 Å². The van der Waals surface area contributed by atoms with E-state index < -0.39 is 15.1 Å². The first kappa shape index (κ1) is 18.2. The highest BCUT2D eigenvalue weighted by atomic mass is 32.2. The first-order chi connectivity index (χ1) is 12.4. The van der Waals surface area contributed by atoms with Gasteiger partial charge in [0.05, 0.1) is 16.3 Å². The van der Waals surface area contributed by atoms with Crippen molar-refractivity contribution in [1.82, 2.24) is 9.55 Å². The molecule has 0 saturated heterocycles. The van der Waals surface area contributed by atoms with Crippen molar-refractivity contribution in [1.29, 1.82) is 0 Å². The van der Waals surface area contributed by atoms with Crippen molar-refractivity contribution in [2.45, 2.75) is 37.3 Å². The van der Waals surface area contributed by atoms with Crippen molar-refractivity contribution in [2.75, 3.05) is 0 Å². The number of hydrogen-bond donors (Lipinski definition) is 1. The van der Waals surface area contributed by atoms with E-state index in [1.54, 1.807) is 41.8 Å². The molecule has 0 fully saturated rings. The number of nitrogens with one attached hydrogen (secondary N) is 1. The number of rotatable bonds is 5. The highest BCUT2D eigenvalue weighted by Gasteiger charge is 2.29. The summed E-state index contributed by atoms with van der Waals surface area (Å²) in [5.41, 5.74) is 2.63. The van der Waals surface area contributed by atoms with Crippen LogP contribution in [0.2, 0.25) is 0 Å². The van der Waals surface area contributed by atoms with Gasteiger partial charge in [-0.05, 0) is 44.5 Å². The maximum absolute atomic E-state index is 13.0. The summed E-state index contributed by atoms with van der Waals surface area (Å²) >= 11 is 0. The number of benzene rings is 2. The molecule has 0 aliphatic rings. The van der Waals surface area contributed by atoms with Gasteiger partial charge in [0.2, 0.25) is 0 Å². The summed E-state index contributed by atoms with van der Waals surface area (Å²) in [5, 5.41) is -0.848. The van der Waals surface area contributed by atoms with E-state index in [0.717, 1.165) is 11.3 Å². The van der Waals surface area contributed by atoms with Crippen LogP contribution >= 0.6 is 0 Å². The summed E-state index contributed by atoms with van der Waals surface area (Å²) in [6.07, 6.45) is 0.538. The van der Waals surface area contributed by atoms with E-state index in [-0.39, 0.29) is 10.6 Å². The van der Waals surface area contributed by atoms with E-state index in [1.807, 2.05) is 38.1 Å². The molecule has 26 heavy (non-hydrogen) atoms. The van der Waals surface area contributed by atoms with Crippen molar-refractivity contribution in [3.8, 4) is 5.69 Å². The Labute approximate surface area is 153 Å². The van der Waals surface area contributed by atoms with Gasteiger partial charge in [-0.1, -0.05) is 42.8 Å². The van der Waals surface area contributed by atoms with E-state index in [2.05, 4.69) is 4.98 Å². The summed E-state index contributed by atoms with van der Waals surface area (Å²) in [4.78, 5) is 15.6. The first-order valence-corrected chi connectivity index (χ1v) is 10.1. The topological polar surface area (TPSA) is 71.9 Å². The fourth-order valence-electron chi connectivity index (χ4n) is 3.11. The molecule has 0 aliphatic heterocycles. The average molecular weight is 370 g/mol. The highest BCUT2D eigenvalue weighted by Crippen LogP contribution is 2.30. The lowest BCUT2D eigenvalue weighted by molar-refractivity contribution is 0.584. The number of aromatic amines is 1. The number of sulfone groups is 1. The number of H-pyrrole nitrogens is 1. The Balaban J connectivity index is 2.13. The van der Waals surface area contributed by atoms with E-state index in [4.69, 9.17) is 0 Å². The van der Waals surface area contributed by atoms with Crippen LogP contribution in [-0.2, 0) is 16.3 Å². The molecule has 136 valence electrons. The van der Waals surface area contributed by atoms with Gasteiger partial charge < -0.3 is 4.98 Å². The maximum Gasteiger partial charge on any atom is 0.330 e. The van der Waals surface area contributed by atoms with Gasteiger partial charge in [-0.3, -0.25) is 4.57 Å². The Kier molecular flexibility index (Phi) is 4.87. The van der Waals surface area contributed by atoms with Crippen LogP contribution in [0.1, 0.15) is 36.0 Å². The fourth-order valence-corrected chi connectivity index (χ4v) is 4.56. The smallest absolute Gasteiger partial charge is 0.308 e. The predicted molar refractivity (Wildman–Crippen MR) is 103 cm³/mol. The number of nitrogens with zero attached hydrogens (tertiary/aromatic N) is 1. The molecule has 3 aromatic rings. The third-order valence-corrected chi connectivity index (χ3v) is 6.69. The molecule has 3 rings (SSSR count). The Morgan fingerprint density at radius 1 is 1.04 bits per heavy atom. The standard InChI is InChI=1S/C20H22N2O3S/c1-4-18-19(15(3)26(24,25)17-8-6-5-7-9-17)21-20(23)22(18)16-12-10-14(2)11-13-16/h5-13,15H,4H2,1-3H3,(H,21,23)/t15-/m0/s1. The molecule has 5 nitrogen and oxygen atoms in total. The number of aryl methyl sites for hydroxylation is 1. The van der Waals surface area contributed by atoms with Crippen molar-refractivity contribution in [3.05, 3.63) is 82.0 Å². The second kappa shape index (κ2) is 6.96. The van der Waals surface area contributed by atoms with Crippen LogP contribution in [0.25, 0.3) is 5.69 Å². The van der Waals surface area contributed by atoms with Gasteiger partial charge in [0.15, 0.2) is 9.84 Å². The lowest BCUT2D eigenvalue weighted by Gasteiger charge is -2.14. The zero-order valence-electron chi connectivity index (χ0n) is 15.1. The first-order valence-electron chi connectivity index (χ1n) is 8.56. The summed E-state index contributed by atoms with van der Waals surface area (Å²) in [6, 6.07) is 15.9. The van der Waals surface area contributed by atoms with Gasteiger partial charge in [0.1, 0.15) is 5.25 Å². The van der Waals surface area contributed by atoms with Crippen LogP contribution in [0, 0.1) is 6.92 Å². The van der Waals surface area contributed by atoms with Gasteiger partial charge in [-0.25, -0.2) is 13.2 Å². The molecule has 1 atom stereocenters. The van der Waals surface area contributed by atoms with Gasteiger partial charge in [0.25, 0.3) is 0 Å². The monoisotopic (exact) mass is 370 g/mol. The average Bonchev–Trinajstić information content (AvgIpc) is 2.98. The summed E-state index contributed by atoms with van der Waals surface area (Å²) in [5.74, 6) is 0. The van der Waals surface area contributed by atoms with Crippen molar-refractivity contribution < 1.29 is 8.42 Å². The predicted octanol–water partition coefficient (Wildman–Crippen LogP) is 3.57. The van der Waals surface area contributed by atoms with Crippen molar-refractivity contribution in [2.24, 2.45) is 0 Å². The molecule has 0 radical (unpaired) electrons. The SMILES string of the molecule is CCc1c([C@H](C)S(=O)(=O)c2ccccc2)[nH]c(=O)n1-c1ccc(C)cc1. The third kappa shape index (κ3) is 3.12. The molecule has 6 heteroatoms. The van der Waals surface area contributed by atoms with Crippen LogP contribution in [0.5, 0.6) is 0 Å². The minimum atomic E-state index is -3.60. The van der Waals surface area contributed by atoms with Crippen LogP contribution in [0.15, 0.2) is 64.3 Å². The lowest BCUT2D eigenvalue weighted by atomic mass is 10.2. The molecule has 0 bridgehead atoms. The molecular formula is C20H22N2O3S. The number of imidazole rings is 1. The van der Waals surface area contributed by atoms with E-state index in [0.29, 0.717) is 17.8 Å². The second-order valence-electron chi connectivity index (χ2n) is 6.32. The van der Waals surface area contributed by atoms with Gasteiger partial charge in [-0.2, -0.15) is 0 Å². The van der Waals surface area contributed by atoms with Crippen LogP contribution < -0.4 is 5.69 Å². The van der Waals surface area contributed by atoms with E-state index >= 15 is 0 Å². The van der Waals surface area contributed by atoms with Crippen molar-refractivity contribution in [3.63, 3.8) is 0 Å². The Bertz CT molecular complexity index is 1060. The number of aromatic nitrogens is 2. The molecule has 1 heterocycles. The van der Waals surface area contributed by atoms with Crippen LogP contribution in [-0.4, -0.2) is 18.0 Å². The molecular weight excluding hydrogens is 348 g/mol. The molecule has 1 aromatic heterocycles. The third-order valence-electron chi connectivity index (χ3n) is 4.60. The van der Waals surface area contributed by atoms with E-state index in [9.17, 15) is 13.2 Å². The maximum atomic E-state index is 13.0. The molecule has 0 amide bonds. The fraction of sp³-hybridized carbons (Fsp3) is 0.250. The quantitative estimate of drug-likeness (QED) is 0.746. The van der Waals surface area contributed by atoms with Crippen LogP contribution in [0.3, 0.4) is 0 Å². The minimum absolute atomic E-state index is 0.249. The molecule has 0 unspecified atom stereocenters. The molecule has 2 aromatic carbocycles. The summed E-state index contributed by atoms with van der Waals surface area (Å²) in [6.45, 7) is 5.51. The largest absolute Gasteiger partial charge is 0.330 e. The highest BCUT2D eigenvalue weighted by molar-refractivity contribution is 7.91. The van der Waals surface area contributed by atoms with Gasteiger partial charge in [0, 0.05) is 5.69 Å². The van der Waals surface area contributed by atoms with Gasteiger partial charge >= 0.3 is 5.69 Å². The zero-order chi connectivity index (χ0) is 18.9. The van der Waals surface area contributed by atoms with Crippen molar-refractivity contribution >= 4 is 9.84 Å². The minimum Gasteiger partial charge on any atom is -0.308 e. The summed E-state index contributed by atoms with van der Waals surface area (Å²) in [7, 11) is -3.60. The Hall–Kier alpha value is -2.60. The molecule has 1 N–H and O–H groups in total. The van der Waals surface area contributed by atoms with Crippen LogP contribution in [0.4, 0.5) is 0 Å². The Morgan fingerprint density at radius 2 is 1.65 bits per heavy atom. The second-order valence-corrected chi connectivity index (χ2v) is 8.58. The number of hydrogen-bond acceptors (Lipinski definition) is 3.